The van der Waals surface area contributed by atoms with Gasteiger partial charge in [-0.3, -0.25) is 14.5 Å². The first-order valence-corrected chi connectivity index (χ1v) is 13.7. The zero-order valence-electron chi connectivity index (χ0n) is 24.1. The first-order chi connectivity index (χ1) is 19.1. The number of hydrogen-bond acceptors (Lipinski definition) is 7. The maximum atomic E-state index is 13.4. The van der Waals surface area contributed by atoms with E-state index in [2.05, 4.69) is 45.9 Å². The van der Waals surface area contributed by atoms with Crippen molar-refractivity contribution in [3.8, 4) is 0 Å². The Kier molecular flexibility index (Phi) is 12.9. The van der Waals surface area contributed by atoms with Gasteiger partial charge < -0.3 is 30.4 Å². The zero-order chi connectivity index (χ0) is 29.2. The lowest BCUT2D eigenvalue weighted by Gasteiger charge is -2.37. The summed E-state index contributed by atoms with van der Waals surface area (Å²) in [5.74, 6) is -4.23. The van der Waals surface area contributed by atoms with Gasteiger partial charge in [0.1, 0.15) is 5.92 Å². The Morgan fingerprint density at radius 1 is 0.854 bits per heavy atom. The Morgan fingerprint density at radius 3 is 2.02 bits per heavy atom. The maximum Gasteiger partial charge on any atom is 0.414 e. The van der Waals surface area contributed by atoms with Crippen LogP contribution in [0.5, 0.6) is 0 Å². The number of amides is 1. The van der Waals surface area contributed by atoms with Crippen molar-refractivity contribution in [2.24, 2.45) is 5.92 Å². The third kappa shape index (κ3) is 9.10. The van der Waals surface area contributed by atoms with Crippen LogP contribution in [0.2, 0.25) is 0 Å². The fourth-order valence-electron chi connectivity index (χ4n) is 5.20. The van der Waals surface area contributed by atoms with Crippen molar-refractivity contribution in [2.45, 2.75) is 26.2 Å². The normalized spacial score (nSPS) is 16.9. The van der Waals surface area contributed by atoms with Crippen molar-refractivity contribution in [1.82, 2.24) is 9.80 Å². The minimum atomic E-state index is -1.82. The molecule has 1 atom stereocenters. The van der Waals surface area contributed by atoms with E-state index in [0.29, 0.717) is 18.5 Å². The molecule has 0 radical (unpaired) electrons. The van der Waals surface area contributed by atoms with E-state index in [1.807, 2.05) is 43.3 Å². The summed E-state index contributed by atoms with van der Waals surface area (Å²) in [6.45, 7) is 8.72. The molecule has 2 aromatic rings. The van der Waals surface area contributed by atoms with E-state index in [4.69, 9.17) is 19.8 Å². The van der Waals surface area contributed by atoms with E-state index in [1.165, 1.54) is 11.3 Å². The Balaban J connectivity index is 0.000000760. The summed E-state index contributed by atoms with van der Waals surface area (Å²) in [5.41, 5.74) is 4.12. The summed E-state index contributed by atoms with van der Waals surface area (Å²) < 4.78 is 0. The van der Waals surface area contributed by atoms with E-state index in [-0.39, 0.29) is 17.2 Å². The minimum absolute atomic E-state index is 0. The summed E-state index contributed by atoms with van der Waals surface area (Å²) in [6.07, 6.45) is 2.37. The van der Waals surface area contributed by atoms with Crippen molar-refractivity contribution >= 4 is 35.0 Å². The number of ketones is 1. The summed E-state index contributed by atoms with van der Waals surface area (Å²) in [7, 11) is 4.08. The molecule has 2 aromatic carbocycles. The zero-order valence-corrected chi connectivity index (χ0v) is 24.1. The number of para-hydroxylation sites is 2. The highest BCUT2D eigenvalue weighted by Crippen LogP contribution is 2.32. The van der Waals surface area contributed by atoms with Crippen molar-refractivity contribution < 1.29 is 34.9 Å². The van der Waals surface area contributed by atoms with Crippen LogP contribution >= 0.6 is 0 Å². The summed E-state index contributed by atoms with van der Waals surface area (Å²) in [6, 6.07) is 16.2. The SMILES string of the molecule is Cc1ccccc1N1CCN(CCCC2C(=O)c3ccccc3N(CCCN(C)C)C2=O)CC1.O.O=C(O)C(=O)O. The molecule has 2 aliphatic rings. The standard InChI is InChI=1S/C28H38N4O2.C2H2O4.H2O/c1-22-10-4-6-13-25(22)31-20-18-30(19-21-31)16-8-12-24-27(33)23-11-5-7-14-26(23)32(28(24)34)17-9-15-29(2)3;3-1(4)2(5)6;/h4-7,10-11,13-14,24H,8-9,12,15-21H2,1-3H3;(H,3,4)(H,5,6);1H2. The molecule has 0 aliphatic carbocycles. The molecule has 4 N–H and O–H groups in total. The number of carboxylic acids is 2. The fraction of sp³-hybridized carbons (Fsp3) is 0.467. The second-order valence-electron chi connectivity index (χ2n) is 10.4. The number of aliphatic carboxylic acids is 2. The van der Waals surface area contributed by atoms with Crippen LogP contribution in [0.15, 0.2) is 48.5 Å². The molecule has 1 unspecified atom stereocenters. The van der Waals surface area contributed by atoms with Crippen LogP contribution in [-0.2, 0) is 14.4 Å². The molecular weight excluding hydrogens is 528 g/mol. The third-order valence-electron chi connectivity index (χ3n) is 7.31. The van der Waals surface area contributed by atoms with E-state index in [1.54, 1.807) is 0 Å². The Bertz CT molecular complexity index is 1180. The third-order valence-corrected chi connectivity index (χ3v) is 7.31. The predicted octanol–water partition coefficient (Wildman–Crippen LogP) is 2.03. The van der Waals surface area contributed by atoms with E-state index >= 15 is 0 Å². The summed E-state index contributed by atoms with van der Waals surface area (Å²) in [4.78, 5) is 53.7. The van der Waals surface area contributed by atoms with Crippen molar-refractivity contribution in [3.63, 3.8) is 0 Å². The predicted molar refractivity (Wildman–Crippen MR) is 158 cm³/mol. The molecule has 4 rings (SSSR count). The molecule has 11 nitrogen and oxygen atoms in total. The van der Waals surface area contributed by atoms with Gasteiger partial charge in [-0.05, 0) is 77.1 Å². The number of carbonyl (C=O) groups is 4. The molecule has 11 heteroatoms. The lowest BCUT2D eigenvalue weighted by Crippen LogP contribution is -2.47. The highest BCUT2D eigenvalue weighted by Gasteiger charge is 2.38. The number of Topliss-reactive ketones (excluding diaryl/α,β-unsaturated/α-hetero) is 1. The molecule has 0 saturated carbocycles. The number of benzene rings is 2. The van der Waals surface area contributed by atoms with Crippen LogP contribution in [0.25, 0.3) is 0 Å². The number of aryl methyl sites for hydroxylation is 1. The van der Waals surface area contributed by atoms with Crippen molar-refractivity contribution in [2.75, 3.05) is 69.7 Å². The smallest absolute Gasteiger partial charge is 0.414 e. The second-order valence-corrected chi connectivity index (χ2v) is 10.4. The van der Waals surface area contributed by atoms with Crippen molar-refractivity contribution in [1.29, 1.82) is 0 Å². The summed E-state index contributed by atoms with van der Waals surface area (Å²) >= 11 is 0. The van der Waals surface area contributed by atoms with Crippen LogP contribution in [0.1, 0.15) is 35.2 Å². The topological polar surface area (TPSA) is 153 Å². The van der Waals surface area contributed by atoms with Gasteiger partial charge in [-0.15, -0.1) is 0 Å². The first-order valence-electron chi connectivity index (χ1n) is 13.7. The van der Waals surface area contributed by atoms with Crippen LogP contribution in [0.4, 0.5) is 11.4 Å². The molecule has 1 saturated heterocycles. The molecule has 41 heavy (non-hydrogen) atoms. The molecule has 2 aliphatic heterocycles. The van der Waals surface area contributed by atoms with Crippen LogP contribution in [0, 0.1) is 12.8 Å². The van der Waals surface area contributed by atoms with Gasteiger partial charge in [0, 0.05) is 44.0 Å². The molecule has 0 bridgehead atoms. The monoisotopic (exact) mass is 570 g/mol. The molecule has 224 valence electrons. The van der Waals surface area contributed by atoms with E-state index < -0.39 is 17.9 Å². The Hall–Kier alpha value is -3.80. The highest BCUT2D eigenvalue weighted by molar-refractivity contribution is 6.27. The van der Waals surface area contributed by atoms with E-state index in [0.717, 1.165) is 57.8 Å². The minimum Gasteiger partial charge on any atom is -0.473 e. The lowest BCUT2D eigenvalue weighted by atomic mass is 9.87. The molecule has 1 amide bonds. The quantitative estimate of drug-likeness (QED) is 0.340. The van der Waals surface area contributed by atoms with Gasteiger partial charge in [-0.2, -0.15) is 0 Å². The summed E-state index contributed by atoms with van der Waals surface area (Å²) in [5, 5.41) is 14.8. The van der Waals surface area contributed by atoms with Gasteiger partial charge in [0.05, 0.1) is 5.69 Å². The van der Waals surface area contributed by atoms with E-state index in [9.17, 15) is 9.59 Å². The van der Waals surface area contributed by atoms with Gasteiger partial charge >= 0.3 is 11.9 Å². The van der Waals surface area contributed by atoms with Gasteiger partial charge in [0.25, 0.3) is 0 Å². The van der Waals surface area contributed by atoms with Crippen LogP contribution in [0.3, 0.4) is 0 Å². The largest absolute Gasteiger partial charge is 0.473 e. The lowest BCUT2D eigenvalue weighted by molar-refractivity contribution is -0.159. The van der Waals surface area contributed by atoms with Crippen LogP contribution in [-0.4, -0.2) is 109 Å². The Morgan fingerprint density at radius 2 is 1.44 bits per heavy atom. The first kappa shape index (κ1) is 33.4. The highest BCUT2D eigenvalue weighted by atomic mass is 16.4. The van der Waals surface area contributed by atoms with Gasteiger partial charge in [0.15, 0.2) is 5.78 Å². The molecule has 2 heterocycles. The Labute approximate surface area is 241 Å². The average Bonchev–Trinajstić information content (AvgIpc) is 2.93. The fourth-order valence-corrected chi connectivity index (χ4v) is 5.20. The second kappa shape index (κ2) is 15.8. The number of fused-ring (bicyclic) bond motifs is 1. The van der Waals surface area contributed by atoms with Gasteiger partial charge in [-0.25, -0.2) is 9.59 Å². The molecular formula is C30H42N4O7. The molecule has 0 aromatic heterocycles. The number of rotatable bonds is 9. The number of anilines is 2. The number of carboxylic acid groups (broad SMARTS) is 2. The number of nitrogens with zero attached hydrogens (tertiary/aromatic N) is 4. The van der Waals surface area contributed by atoms with Crippen LogP contribution < -0.4 is 9.80 Å². The molecule has 0 spiro atoms. The number of hydrogen-bond donors (Lipinski definition) is 2. The van der Waals surface area contributed by atoms with Gasteiger partial charge in [0.2, 0.25) is 5.91 Å². The maximum absolute atomic E-state index is 13.4. The average molecular weight is 571 g/mol. The number of piperazine rings is 1. The van der Waals surface area contributed by atoms with Crippen molar-refractivity contribution in [3.05, 3.63) is 59.7 Å². The number of carbonyl (C=O) groups excluding carboxylic acids is 2. The van der Waals surface area contributed by atoms with Gasteiger partial charge in [-0.1, -0.05) is 30.3 Å². The molecule has 1 fully saturated rings.